The minimum absolute atomic E-state index is 0.781. The molecule has 0 aliphatic carbocycles. The highest BCUT2D eigenvalue weighted by atomic mass is 32.2. The zero-order valence-corrected chi connectivity index (χ0v) is 12.9. The number of nitrogens with zero attached hydrogens (tertiary/aromatic N) is 1. The molecule has 3 nitrogen and oxygen atoms in total. The predicted octanol–water partition coefficient (Wildman–Crippen LogP) is 3.37. The molecule has 0 radical (unpaired) electrons. The molecule has 0 saturated carbocycles. The summed E-state index contributed by atoms with van der Waals surface area (Å²) in [5.41, 5.74) is 1.95. The Hall–Kier alpha value is -0.650. The molecule has 2 rings (SSSR count). The molecule has 1 aromatic rings. The SMILES string of the molecule is CNc1ccc(SN2CCC(CS)CC2)cc1C=N. The van der Waals surface area contributed by atoms with Crippen molar-refractivity contribution in [1.82, 2.24) is 4.31 Å². The number of benzene rings is 1. The molecule has 5 heteroatoms. The fourth-order valence-corrected chi connectivity index (χ4v) is 3.64. The van der Waals surface area contributed by atoms with Gasteiger partial charge >= 0.3 is 0 Å². The second kappa shape index (κ2) is 7.22. The van der Waals surface area contributed by atoms with Crippen molar-refractivity contribution in [2.75, 3.05) is 31.2 Å². The molecule has 1 fully saturated rings. The average molecular weight is 295 g/mol. The molecular weight excluding hydrogens is 274 g/mol. The third kappa shape index (κ3) is 3.91. The van der Waals surface area contributed by atoms with Crippen molar-refractivity contribution in [3.8, 4) is 0 Å². The number of hydrogen-bond acceptors (Lipinski definition) is 5. The number of thiol groups is 1. The molecular formula is C14H21N3S2. The van der Waals surface area contributed by atoms with Gasteiger partial charge in [0.15, 0.2) is 0 Å². The molecule has 19 heavy (non-hydrogen) atoms. The summed E-state index contributed by atoms with van der Waals surface area (Å²) in [5.74, 6) is 1.79. The van der Waals surface area contributed by atoms with Crippen molar-refractivity contribution in [2.45, 2.75) is 17.7 Å². The standard InChI is InChI=1S/C14H21N3S2/c1-16-14-3-2-13(8-12(14)9-15)19-17-6-4-11(10-18)5-7-17/h2-3,8-9,11,15-16,18H,4-7,10H2,1H3. The van der Waals surface area contributed by atoms with Crippen LogP contribution in [0.2, 0.25) is 0 Å². The first-order valence-electron chi connectivity index (χ1n) is 6.63. The molecule has 0 spiro atoms. The highest BCUT2D eigenvalue weighted by Crippen LogP contribution is 2.30. The molecule has 0 aromatic heterocycles. The topological polar surface area (TPSA) is 39.1 Å². The maximum absolute atomic E-state index is 7.46. The van der Waals surface area contributed by atoms with E-state index in [4.69, 9.17) is 5.41 Å². The van der Waals surface area contributed by atoms with Crippen LogP contribution >= 0.6 is 24.6 Å². The number of anilines is 1. The molecule has 2 N–H and O–H groups in total. The van der Waals surface area contributed by atoms with Crippen molar-refractivity contribution < 1.29 is 0 Å². The van der Waals surface area contributed by atoms with Gasteiger partial charge in [-0.25, -0.2) is 4.31 Å². The molecule has 1 aliphatic heterocycles. The maximum Gasteiger partial charge on any atom is 0.0427 e. The van der Waals surface area contributed by atoms with Gasteiger partial charge in [0.25, 0.3) is 0 Å². The van der Waals surface area contributed by atoms with Crippen molar-refractivity contribution in [3.63, 3.8) is 0 Å². The van der Waals surface area contributed by atoms with Crippen molar-refractivity contribution >= 4 is 36.5 Å². The number of piperidine rings is 1. The molecule has 0 unspecified atom stereocenters. The van der Waals surface area contributed by atoms with E-state index in [1.807, 2.05) is 13.1 Å². The van der Waals surface area contributed by atoms with Crippen molar-refractivity contribution in [1.29, 1.82) is 5.41 Å². The fourth-order valence-electron chi connectivity index (χ4n) is 2.28. The van der Waals surface area contributed by atoms with Gasteiger partial charge in [-0.05, 0) is 54.7 Å². The summed E-state index contributed by atoms with van der Waals surface area (Å²) < 4.78 is 2.42. The van der Waals surface area contributed by atoms with Gasteiger partial charge in [0.2, 0.25) is 0 Å². The quantitative estimate of drug-likeness (QED) is 0.443. The first kappa shape index (κ1) is 14.8. The Balaban J connectivity index is 1.98. The van der Waals surface area contributed by atoms with Crippen molar-refractivity contribution in [3.05, 3.63) is 23.8 Å². The van der Waals surface area contributed by atoms with E-state index < -0.39 is 0 Å². The molecule has 0 bridgehead atoms. The minimum atomic E-state index is 0.781. The number of nitrogens with one attached hydrogen (secondary N) is 2. The van der Waals surface area contributed by atoms with E-state index in [2.05, 4.69) is 34.4 Å². The first-order valence-corrected chi connectivity index (χ1v) is 8.03. The third-order valence-electron chi connectivity index (χ3n) is 3.51. The molecule has 1 heterocycles. The van der Waals surface area contributed by atoms with Crippen LogP contribution in [0.1, 0.15) is 18.4 Å². The lowest BCUT2D eigenvalue weighted by Gasteiger charge is -2.30. The summed E-state index contributed by atoms with van der Waals surface area (Å²) in [4.78, 5) is 1.21. The Morgan fingerprint density at radius 2 is 2.21 bits per heavy atom. The largest absolute Gasteiger partial charge is 0.388 e. The highest BCUT2D eigenvalue weighted by molar-refractivity contribution is 7.97. The van der Waals surface area contributed by atoms with E-state index in [-0.39, 0.29) is 0 Å². The second-order valence-corrected chi connectivity index (χ2v) is 6.33. The van der Waals surface area contributed by atoms with Crippen LogP contribution in [0.5, 0.6) is 0 Å². The second-order valence-electron chi connectivity index (χ2n) is 4.79. The predicted molar refractivity (Wildman–Crippen MR) is 87.9 cm³/mol. The monoisotopic (exact) mass is 295 g/mol. The zero-order chi connectivity index (χ0) is 13.7. The third-order valence-corrected chi connectivity index (χ3v) is 5.12. The van der Waals surface area contributed by atoms with Crippen LogP contribution < -0.4 is 5.32 Å². The van der Waals surface area contributed by atoms with Crippen LogP contribution in [-0.4, -0.2) is 36.4 Å². The Bertz CT molecular complexity index is 429. The van der Waals surface area contributed by atoms with E-state index >= 15 is 0 Å². The van der Waals surface area contributed by atoms with Crippen LogP contribution in [0.4, 0.5) is 5.69 Å². The highest BCUT2D eigenvalue weighted by Gasteiger charge is 2.18. The lowest BCUT2D eigenvalue weighted by Crippen LogP contribution is -2.29. The Labute approximate surface area is 125 Å². The van der Waals surface area contributed by atoms with E-state index in [1.165, 1.54) is 24.0 Å². The normalized spacial score (nSPS) is 17.4. The van der Waals surface area contributed by atoms with Crippen LogP contribution in [0, 0.1) is 11.3 Å². The van der Waals surface area contributed by atoms with Gasteiger partial charge in [-0.2, -0.15) is 12.6 Å². The van der Waals surface area contributed by atoms with Gasteiger partial charge in [-0.15, -0.1) is 0 Å². The van der Waals surface area contributed by atoms with E-state index in [1.54, 1.807) is 11.9 Å². The molecule has 0 amide bonds. The van der Waals surface area contributed by atoms with E-state index in [0.29, 0.717) is 0 Å². The lowest BCUT2D eigenvalue weighted by atomic mass is 10.0. The van der Waals surface area contributed by atoms with Gasteiger partial charge in [-0.1, -0.05) is 0 Å². The smallest absolute Gasteiger partial charge is 0.0427 e. The summed E-state index contributed by atoms with van der Waals surface area (Å²) in [6.07, 6.45) is 3.88. The zero-order valence-electron chi connectivity index (χ0n) is 11.2. The van der Waals surface area contributed by atoms with Gasteiger partial charge in [0.05, 0.1) is 0 Å². The number of hydrogen-bond donors (Lipinski definition) is 3. The lowest BCUT2D eigenvalue weighted by molar-refractivity contribution is 0.312. The van der Waals surface area contributed by atoms with Gasteiger partial charge in [0, 0.05) is 42.5 Å². The summed E-state index contributed by atoms with van der Waals surface area (Å²) >= 11 is 6.19. The molecule has 1 saturated heterocycles. The summed E-state index contributed by atoms with van der Waals surface area (Å²) in [6.45, 7) is 2.26. The van der Waals surface area contributed by atoms with E-state index in [0.717, 1.165) is 36.0 Å². The maximum atomic E-state index is 7.46. The Kier molecular flexibility index (Phi) is 5.60. The molecule has 0 atom stereocenters. The van der Waals surface area contributed by atoms with Crippen LogP contribution in [0.3, 0.4) is 0 Å². The van der Waals surface area contributed by atoms with Gasteiger partial charge < -0.3 is 10.7 Å². The first-order chi connectivity index (χ1) is 9.26. The van der Waals surface area contributed by atoms with E-state index in [9.17, 15) is 0 Å². The number of rotatable bonds is 5. The van der Waals surface area contributed by atoms with Crippen LogP contribution in [0.25, 0.3) is 0 Å². The Morgan fingerprint density at radius 3 is 2.79 bits per heavy atom. The van der Waals surface area contributed by atoms with Crippen molar-refractivity contribution in [2.24, 2.45) is 5.92 Å². The summed E-state index contributed by atoms with van der Waals surface area (Å²) in [6, 6.07) is 6.24. The summed E-state index contributed by atoms with van der Waals surface area (Å²) in [5, 5.41) is 10.6. The molecule has 1 aliphatic rings. The van der Waals surface area contributed by atoms with Crippen LogP contribution in [0.15, 0.2) is 23.1 Å². The average Bonchev–Trinajstić information content (AvgIpc) is 2.48. The summed E-state index contributed by atoms with van der Waals surface area (Å²) in [7, 11) is 1.89. The Morgan fingerprint density at radius 1 is 1.47 bits per heavy atom. The van der Waals surface area contributed by atoms with Crippen LogP contribution in [-0.2, 0) is 0 Å². The fraction of sp³-hybridized carbons (Fsp3) is 0.500. The van der Waals surface area contributed by atoms with Gasteiger partial charge in [0.1, 0.15) is 0 Å². The molecule has 104 valence electrons. The minimum Gasteiger partial charge on any atom is -0.388 e. The molecule has 1 aromatic carbocycles. The van der Waals surface area contributed by atoms with Gasteiger partial charge in [-0.3, -0.25) is 0 Å².